The van der Waals surface area contributed by atoms with Crippen LogP contribution in [0.2, 0.25) is 0 Å². The second-order valence-electron chi connectivity index (χ2n) is 7.42. The van der Waals surface area contributed by atoms with Crippen molar-refractivity contribution in [3.8, 4) is 5.75 Å². The van der Waals surface area contributed by atoms with Crippen LogP contribution in [0.5, 0.6) is 5.75 Å². The van der Waals surface area contributed by atoms with Crippen molar-refractivity contribution in [3.05, 3.63) is 63.6 Å². The van der Waals surface area contributed by atoms with E-state index in [0.29, 0.717) is 32.4 Å². The van der Waals surface area contributed by atoms with Gasteiger partial charge in [-0.25, -0.2) is 0 Å². The highest BCUT2D eigenvalue weighted by atomic mass is 16.5. The van der Waals surface area contributed by atoms with Gasteiger partial charge in [0.2, 0.25) is 5.91 Å². The van der Waals surface area contributed by atoms with Gasteiger partial charge in [-0.3, -0.25) is 14.4 Å². The Bertz CT molecular complexity index is 967. The molecule has 1 atom stereocenters. The van der Waals surface area contributed by atoms with Crippen molar-refractivity contribution in [2.24, 2.45) is 7.05 Å². The summed E-state index contributed by atoms with van der Waals surface area (Å²) in [4.78, 5) is 39.3. The van der Waals surface area contributed by atoms with E-state index in [1.54, 1.807) is 26.3 Å². The zero-order valence-corrected chi connectivity index (χ0v) is 17.1. The van der Waals surface area contributed by atoms with Gasteiger partial charge >= 0.3 is 0 Å². The Kier molecular flexibility index (Phi) is 6.36. The molecule has 1 N–H and O–H groups in total. The quantitative estimate of drug-likeness (QED) is 0.837. The number of aromatic nitrogens is 1. The van der Waals surface area contributed by atoms with Crippen molar-refractivity contribution in [1.82, 2.24) is 14.8 Å². The normalized spacial score (nSPS) is 17.0. The fourth-order valence-electron chi connectivity index (χ4n) is 3.50. The summed E-state index contributed by atoms with van der Waals surface area (Å²) in [6.45, 7) is 2.87. The number of carbonyl (C=O) groups excluding carboxylic acids is 2. The lowest BCUT2D eigenvalue weighted by atomic mass is 10.1. The molecule has 1 aliphatic heterocycles. The van der Waals surface area contributed by atoms with Crippen LogP contribution in [0.3, 0.4) is 0 Å². The number of benzene rings is 1. The third-order valence-corrected chi connectivity index (χ3v) is 5.45. The summed E-state index contributed by atoms with van der Waals surface area (Å²) in [6, 6.07) is 10.8. The monoisotopic (exact) mass is 397 g/mol. The number of likely N-dealkylation sites (tertiary alicyclic amines) is 1. The molecule has 2 heterocycles. The van der Waals surface area contributed by atoms with Crippen molar-refractivity contribution in [2.45, 2.75) is 38.8 Å². The molecule has 7 heteroatoms. The predicted molar refractivity (Wildman–Crippen MR) is 110 cm³/mol. The Morgan fingerprint density at radius 3 is 2.76 bits per heavy atom. The number of pyridine rings is 1. The maximum atomic E-state index is 12.6. The molecule has 1 aromatic heterocycles. The molecule has 0 radical (unpaired) electrons. The van der Waals surface area contributed by atoms with Gasteiger partial charge in [0.15, 0.2) is 0 Å². The van der Waals surface area contributed by atoms with Crippen molar-refractivity contribution < 1.29 is 14.3 Å². The molecular weight excluding hydrogens is 370 g/mol. The van der Waals surface area contributed by atoms with E-state index < -0.39 is 0 Å². The molecule has 0 saturated carbocycles. The molecule has 1 aliphatic rings. The fourth-order valence-corrected chi connectivity index (χ4v) is 3.50. The Morgan fingerprint density at radius 2 is 2.00 bits per heavy atom. The van der Waals surface area contributed by atoms with Gasteiger partial charge in [-0.15, -0.1) is 0 Å². The molecule has 2 aromatic rings. The molecule has 7 nitrogen and oxygen atoms in total. The highest BCUT2D eigenvalue weighted by Gasteiger charge is 2.25. The topological polar surface area (TPSA) is 80.6 Å². The lowest BCUT2D eigenvalue weighted by Crippen LogP contribution is -2.39. The molecule has 29 heavy (non-hydrogen) atoms. The lowest BCUT2D eigenvalue weighted by molar-refractivity contribution is -0.131. The number of ether oxygens (including phenoxy) is 1. The van der Waals surface area contributed by atoms with Crippen LogP contribution in [0, 0.1) is 6.92 Å². The number of hydrogen-bond donors (Lipinski definition) is 1. The third kappa shape index (κ3) is 4.85. The van der Waals surface area contributed by atoms with E-state index in [2.05, 4.69) is 5.32 Å². The first-order valence-corrected chi connectivity index (χ1v) is 9.77. The van der Waals surface area contributed by atoms with Crippen molar-refractivity contribution >= 4 is 11.8 Å². The standard InChI is InChI=1S/C22H27N3O4/c1-15-7-9-19(22(28)24(15)2)21(27)23-17-8-10-20(26)25(12-11-17)14-16-5-4-6-18(13-16)29-3/h4-7,9,13,17H,8,10-12,14H2,1-3H3,(H,23,27). The van der Waals surface area contributed by atoms with E-state index >= 15 is 0 Å². The highest BCUT2D eigenvalue weighted by molar-refractivity contribution is 5.94. The Balaban J connectivity index is 1.64. The number of rotatable bonds is 5. The van der Waals surface area contributed by atoms with Gasteiger partial charge < -0.3 is 19.5 Å². The summed E-state index contributed by atoms with van der Waals surface area (Å²) in [7, 11) is 3.26. The van der Waals surface area contributed by atoms with Gasteiger partial charge in [0.25, 0.3) is 11.5 Å². The largest absolute Gasteiger partial charge is 0.497 e. The predicted octanol–water partition coefficient (Wildman–Crippen LogP) is 2.01. The summed E-state index contributed by atoms with van der Waals surface area (Å²) in [5.74, 6) is 0.440. The molecule has 1 aromatic carbocycles. The molecule has 1 unspecified atom stereocenters. The zero-order chi connectivity index (χ0) is 21.0. The maximum absolute atomic E-state index is 12.6. The number of nitrogens with one attached hydrogen (secondary N) is 1. The van der Waals surface area contributed by atoms with Crippen LogP contribution in [0.1, 0.15) is 40.9 Å². The fraction of sp³-hybridized carbons (Fsp3) is 0.409. The summed E-state index contributed by atoms with van der Waals surface area (Å²) in [5, 5.41) is 2.93. The first kappa shape index (κ1) is 20.6. The number of nitrogens with zero attached hydrogens (tertiary/aromatic N) is 2. The molecule has 1 fully saturated rings. The number of hydrogen-bond acceptors (Lipinski definition) is 4. The summed E-state index contributed by atoms with van der Waals surface area (Å²) in [5.41, 5.74) is 1.61. The van der Waals surface area contributed by atoms with Crippen LogP contribution < -0.4 is 15.6 Å². The highest BCUT2D eigenvalue weighted by Crippen LogP contribution is 2.18. The van der Waals surface area contributed by atoms with Gasteiger partial charge in [-0.1, -0.05) is 12.1 Å². The van der Waals surface area contributed by atoms with E-state index in [1.807, 2.05) is 36.1 Å². The van der Waals surface area contributed by atoms with E-state index in [-0.39, 0.29) is 29.0 Å². The molecule has 0 spiro atoms. The molecule has 154 valence electrons. The molecule has 3 rings (SSSR count). The maximum Gasteiger partial charge on any atom is 0.263 e. The van der Waals surface area contributed by atoms with Gasteiger partial charge in [0, 0.05) is 38.3 Å². The second kappa shape index (κ2) is 8.94. The van der Waals surface area contributed by atoms with Gasteiger partial charge in [0.05, 0.1) is 7.11 Å². The van der Waals surface area contributed by atoms with Crippen molar-refractivity contribution in [1.29, 1.82) is 0 Å². The summed E-state index contributed by atoms with van der Waals surface area (Å²) in [6.07, 6.45) is 1.57. The van der Waals surface area contributed by atoms with E-state index in [4.69, 9.17) is 4.74 Å². The first-order valence-electron chi connectivity index (χ1n) is 9.77. The van der Waals surface area contributed by atoms with E-state index in [0.717, 1.165) is 17.0 Å². The minimum Gasteiger partial charge on any atom is -0.497 e. The zero-order valence-electron chi connectivity index (χ0n) is 17.1. The Morgan fingerprint density at radius 1 is 1.21 bits per heavy atom. The minimum atomic E-state index is -0.385. The van der Waals surface area contributed by atoms with Gasteiger partial charge in [-0.05, 0) is 49.6 Å². The SMILES string of the molecule is COc1cccc(CN2CCC(NC(=O)c3ccc(C)n(C)c3=O)CCC2=O)c1. The molecule has 1 saturated heterocycles. The lowest BCUT2D eigenvalue weighted by Gasteiger charge is -2.21. The van der Waals surface area contributed by atoms with Gasteiger partial charge in [0.1, 0.15) is 11.3 Å². The Labute approximate surface area is 170 Å². The van der Waals surface area contributed by atoms with Crippen LogP contribution >= 0.6 is 0 Å². The third-order valence-electron chi connectivity index (χ3n) is 5.45. The molecule has 2 amide bonds. The number of aryl methyl sites for hydroxylation is 1. The smallest absolute Gasteiger partial charge is 0.263 e. The van der Waals surface area contributed by atoms with Crippen LogP contribution in [-0.4, -0.2) is 41.0 Å². The van der Waals surface area contributed by atoms with Crippen LogP contribution in [0.25, 0.3) is 0 Å². The Hall–Kier alpha value is -3.09. The van der Waals surface area contributed by atoms with Crippen LogP contribution in [-0.2, 0) is 18.4 Å². The van der Waals surface area contributed by atoms with Crippen molar-refractivity contribution in [2.75, 3.05) is 13.7 Å². The first-order chi connectivity index (χ1) is 13.9. The number of methoxy groups -OCH3 is 1. The van der Waals surface area contributed by atoms with E-state index in [1.165, 1.54) is 4.57 Å². The molecule has 0 bridgehead atoms. The van der Waals surface area contributed by atoms with Crippen LogP contribution in [0.15, 0.2) is 41.2 Å². The van der Waals surface area contributed by atoms with Crippen molar-refractivity contribution in [3.63, 3.8) is 0 Å². The average molecular weight is 397 g/mol. The number of carbonyl (C=O) groups is 2. The molecular formula is C22H27N3O4. The summed E-state index contributed by atoms with van der Waals surface area (Å²) >= 11 is 0. The van der Waals surface area contributed by atoms with E-state index in [9.17, 15) is 14.4 Å². The average Bonchev–Trinajstić information content (AvgIpc) is 2.88. The minimum absolute atomic E-state index is 0.0656. The van der Waals surface area contributed by atoms with Gasteiger partial charge in [-0.2, -0.15) is 0 Å². The number of amides is 2. The van der Waals surface area contributed by atoms with Crippen LogP contribution in [0.4, 0.5) is 0 Å². The summed E-state index contributed by atoms with van der Waals surface area (Å²) < 4.78 is 6.71. The molecule has 0 aliphatic carbocycles. The second-order valence-corrected chi connectivity index (χ2v) is 7.42.